The highest BCUT2D eigenvalue weighted by Gasteiger charge is 2.59. The molecule has 0 aromatic heterocycles. The normalized spacial score (nSPS) is 26.8. The summed E-state index contributed by atoms with van der Waals surface area (Å²) in [5.41, 5.74) is 6.06. The summed E-state index contributed by atoms with van der Waals surface area (Å²) in [5.74, 6) is -0.228. The molecule has 0 bridgehead atoms. The minimum Gasteiger partial charge on any atom is -0.367 e. The van der Waals surface area contributed by atoms with E-state index in [0.29, 0.717) is 6.54 Å². The average Bonchev–Trinajstić information content (AvgIpc) is 2.55. The van der Waals surface area contributed by atoms with E-state index < -0.39 is 5.60 Å². The first-order chi connectivity index (χ1) is 9.67. The summed E-state index contributed by atoms with van der Waals surface area (Å²) in [4.78, 5) is 2.20. The maximum absolute atomic E-state index is 13.6. The van der Waals surface area contributed by atoms with Crippen LogP contribution in [0.25, 0.3) is 0 Å². The van der Waals surface area contributed by atoms with Crippen LogP contribution in [-0.4, -0.2) is 29.8 Å². The van der Waals surface area contributed by atoms with Gasteiger partial charge in [-0.25, -0.2) is 4.39 Å². The SMILES string of the molecule is CCN(c1cccc(F)c1)C1(CN)CC(C)(C)OC1(C)C. The summed E-state index contributed by atoms with van der Waals surface area (Å²) in [7, 11) is 0. The molecule has 1 saturated heterocycles. The Labute approximate surface area is 127 Å². The van der Waals surface area contributed by atoms with Crippen LogP contribution >= 0.6 is 0 Å². The van der Waals surface area contributed by atoms with E-state index in [9.17, 15) is 4.39 Å². The van der Waals surface area contributed by atoms with Crippen LogP contribution in [0, 0.1) is 5.82 Å². The molecule has 0 aliphatic carbocycles. The molecule has 3 nitrogen and oxygen atoms in total. The van der Waals surface area contributed by atoms with E-state index in [0.717, 1.165) is 18.7 Å². The van der Waals surface area contributed by atoms with Crippen LogP contribution in [0.1, 0.15) is 41.0 Å². The van der Waals surface area contributed by atoms with Crippen LogP contribution in [0.3, 0.4) is 0 Å². The lowest BCUT2D eigenvalue weighted by molar-refractivity contribution is -0.0783. The Morgan fingerprint density at radius 2 is 1.95 bits per heavy atom. The Hall–Kier alpha value is -1.13. The van der Waals surface area contributed by atoms with Crippen molar-refractivity contribution in [3.8, 4) is 0 Å². The van der Waals surface area contributed by atoms with Gasteiger partial charge in [0.15, 0.2) is 0 Å². The van der Waals surface area contributed by atoms with Crippen LogP contribution in [0.15, 0.2) is 24.3 Å². The van der Waals surface area contributed by atoms with E-state index in [4.69, 9.17) is 10.5 Å². The molecule has 1 aromatic rings. The highest BCUT2D eigenvalue weighted by molar-refractivity contribution is 5.51. The van der Waals surface area contributed by atoms with Gasteiger partial charge in [-0.15, -0.1) is 0 Å². The summed E-state index contributed by atoms with van der Waals surface area (Å²) in [6.07, 6.45) is 0.813. The lowest BCUT2D eigenvalue weighted by Gasteiger charge is -2.48. The molecule has 0 amide bonds. The number of likely N-dealkylation sites (N-methyl/N-ethyl adjacent to an activating group) is 1. The van der Waals surface area contributed by atoms with Gasteiger partial charge in [0.1, 0.15) is 5.82 Å². The van der Waals surface area contributed by atoms with Crippen molar-refractivity contribution in [1.82, 2.24) is 0 Å². The summed E-state index contributed by atoms with van der Waals surface area (Å²) < 4.78 is 19.9. The standard InChI is InChI=1S/C17H27FN2O/c1-6-20(14-9-7-8-13(18)10-14)17(12-19)11-15(2,3)21-16(17,4)5/h7-10H,6,11-12,19H2,1-5H3. The average molecular weight is 294 g/mol. The van der Waals surface area contributed by atoms with Gasteiger partial charge in [-0.3, -0.25) is 0 Å². The number of rotatable bonds is 4. The number of hydrogen-bond donors (Lipinski definition) is 1. The van der Waals surface area contributed by atoms with Gasteiger partial charge in [0.05, 0.1) is 16.7 Å². The molecule has 0 saturated carbocycles. The van der Waals surface area contributed by atoms with E-state index in [2.05, 4.69) is 39.5 Å². The molecule has 2 rings (SSSR count). The number of hydrogen-bond acceptors (Lipinski definition) is 3. The summed E-state index contributed by atoms with van der Waals surface area (Å²) in [6.45, 7) is 11.6. The fourth-order valence-corrected chi connectivity index (χ4v) is 3.96. The van der Waals surface area contributed by atoms with Crippen molar-refractivity contribution in [2.75, 3.05) is 18.0 Å². The predicted molar refractivity (Wildman–Crippen MR) is 85.1 cm³/mol. The third-order valence-corrected chi connectivity index (χ3v) is 4.66. The van der Waals surface area contributed by atoms with Gasteiger partial charge in [0.25, 0.3) is 0 Å². The van der Waals surface area contributed by atoms with E-state index in [-0.39, 0.29) is 17.0 Å². The Balaban J connectivity index is 2.52. The number of nitrogens with zero attached hydrogens (tertiary/aromatic N) is 1. The molecule has 21 heavy (non-hydrogen) atoms. The minimum absolute atomic E-state index is 0.228. The van der Waals surface area contributed by atoms with Gasteiger partial charge in [-0.1, -0.05) is 6.07 Å². The molecule has 2 N–H and O–H groups in total. The van der Waals surface area contributed by atoms with Crippen molar-refractivity contribution in [3.05, 3.63) is 30.1 Å². The largest absolute Gasteiger partial charge is 0.367 e. The molecular weight excluding hydrogens is 267 g/mol. The fraction of sp³-hybridized carbons (Fsp3) is 0.647. The number of anilines is 1. The van der Waals surface area contributed by atoms with Crippen LogP contribution < -0.4 is 10.6 Å². The Bertz CT molecular complexity index is 515. The Morgan fingerprint density at radius 1 is 1.29 bits per heavy atom. The summed E-state index contributed by atoms with van der Waals surface area (Å²) in [6, 6.07) is 6.71. The molecule has 0 spiro atoms. The number of nitrogens with two attached hydrogens (primary N) is 1. The third kappa shape index (κ3) is 2.67. The lowest BCUT2D eigenvalue weighted by atomic mass is 9.77. The topological polar surface area (TPSA) is 38.5 Å². The second-order valence-corrected chi connectivity index (χ2v) is 7.01. The lowest BCUT2D eigenvalue weighted by Crippen LogP contribution is -2.63. The van der Waals surface area contributed by atoms with Gasteiger partial charge >= 0.3 is 0 Å². The fourth-order valence-electron chi connectivity index (χ4n) is 3.96. The molecule has 4 heteroatoms. The molecule has 1 aromatic carbocycles. The zero-order chi connectivity index (χ0) is 15.9. The van der Waals surface area contributed by atoms with Gasteiger partial charge in [0.2, 0.25) is 0 Å². The Kier molecular flexibility index (Phi) is 4.06. The second kappa shape index (κ2) is 5.25. The first-order valence-corrected chi connectivity index (χ1v) is 7.61. The number of benzene rings is 1. The zero-order valence-corrected chi connectivity index (χ0v) is 13.7. The van der Waals surface area contributed by atoms with Crippen molar-refractivity contribution in [2.24, 2.45) is 5.73 Å². The van der Waals surface area contributed by atoms with E-state index >= 15 is 0 Å². The smallest absolute Gasteiger partial charge is 0.125 e. The summed E-state index contributed by atoms with van der Waals surface area (Å²) in [5, 5.41) is 0. The highest BCUT2D eigenvalue weighted by Crippen LogP contribution is 2.49. The van der Waals surface area contributed by atoms with Crippen molar-refractivity contribution in [2.45, 2.75) is 57.8 Å². The molecule has 1 heterocycles. The third-order valence-electron chi connectivity index (χ3n) is 4.66. The van der Waals surface area contributed by atoms with Crippen LogP contribution in [-0.2, 0) is 4.74 Å². The molecule has 1 aliphatic rings. The molecule has 1 atom stereocenters. The molecule has 1 fully saturated rings. The monoisotopic (exact) mass is 294 g/mol. The number of halogens is 1. The van der Waals surface area contributed by atoms with Gasteiger partial charge in [0, 0.05) is 25.2 Å². The van der Waals surface area contributed by atoms with E-state index in [1.165, 1.54) is 6.07 Å². The minimum atomic E-state index is -0.409. The van der Waals surface area contributed by atoms with E-state index in [1.807, 2.05) is 6.07 Å². The van der Waals surface area contributed by atoms with Gasteiger partial charge in [-0.05, 0) is 52.8 Å². The zero-order valence-electron chi connectivity index (χ0n) is 13.7. The van der Waals surface area contributed by atoms with E-state index in [1.54, 1.807) is 12.1 Å². The van der Waals surface area contributed by atoms with Gasteiger partial charge < -0.3 is 15.4 Å². The first kappa shape index (κ1) is 16.2. The van der Waals surface area contributed by atoms with Crippen LogP contribution in [0.5, 0.6) is 0 Å². The predicted octanol–water partition coefficient (Wildman–Crippen LogP) is 3.33. The first-order valence-electron chi connectivity index (χ1n) is 7.61. The molecule has 1 aliphatic heterocycles. The van der Waals surface area contributed by atoms with Crippen molar-refractivity contribution in [3.63, 3.8) is 0 Å². The molecule has 0 radical (unpaired) electrons. The molecule has 1 unspecified atom stereocenters. The van der Waals surface area contributed by atoms with Crippen molar-refractivity contribution < 1.29 is 9.13 Å². The summed E-state index contributed by atoms with van der Waals surface area (Å²) >= 11 is 0. The number of ether oxygens (including phenoxy) is 1. The maximum Gasteiger partial charge on any atom is 0.125 e. The van der Waals surface area contributed by atoms with Crippen molar-refractivity contribution >= 4 is 5.69 Å². The Morgan fingerprint density at radius 3 is 2.38 bits per heavy atom. The van der Waals surface area contributed by atoms with Gasteiger partial charge in [-0.2, -0.15) is 0 Å². The van der Waals surface area contributed by atoms with Crippen LogP contribution in [0.2, 0.25) is 0 Å². The van der Waals surface area contributed by atoms with Crippen molar-refractivity contribution in [1.29, 1.82) is 0 Å². The molecule has 118 valence electrons. The second-order valence-electron chi connectivity index (χ2n) is 7.01. The quantitative estimate of drug-likeness (QED) is 0.925. The highest BCUT2D eigenvalue weighted by atomic mass is 19.1. The van der Waals surface area contributed by atoms with Crippen LogP contribution in [0.4, 0.5) is 10.1 Å². The molecular formula is C17H27FN2O. The maximum atomic E-state index is 13.6.